The van der Waals surface area contributed by atoms with Crippen molar-refractivity contribution in [3.05, 3.63) is 0 Å². The first-order valence-corrected chi connectivity index (χ1v) is 15.8. The zero-order valence-corrected chi connectivity index (χ0v) is 23.9. The van der Waals surface area contributed by atoms with Gasteiger partial charge in [0.15, 0.2) is 0 Å². The van der Waals surface area contributed by atoms with E-state index in [1.165, 1.54) is 103 Å². The fourth-order valence-electron chi connectivity index (χ4n) is 5.19. The summed E-state index contributed by atoms with van der Waals surface area (Å²) in [6.07, 6.45) is 27.1. The quantitative estimate of drug-likeness (QED) is 0.112. The van der Waals surface area contributed by atoms with Crippen molar-refractivity contribution < 1.29 is 9.59 Å². The van der Waals surface area contributed by atoms with Crippen molar-refractivity contribution >= 4 is 12.1 Å². The van der Waals surface area contributed by atoms with Crippen molar-refractivity contribution in [2.75, 3.05) is 13.1 Å². The molecule has 212 valence electrons. The van der Waals surface area contributed by atoms with Crippen LogP contribution in [0.5, 0.6) is 0 Å². The molecule has 0 aliphatic heterocycles. The average Bonchev–Trinajstić information content (AvgIpc) is 2.87. The SMILES string of the molecule is CCCCCCCCCCCNC(=O)N[C@H]1CCCC[C@H]1NC(=O)NCCCCCCCCCCC. The standard InChI is InChI=1S/C30H60N4O2/c1-3-5-7-9-11-13-15-17-21-25-31-29(35)33-27-23-19-20-24-28(27)34-30(36)32-26-22-18-16-14-12-10-8-6-4-2/h27-28H,3-26H2,1-2H3,(H2,31,33,35)(H2,32,34,36)/t27-,28+. The van der Waals surface area contributed by atoms with Gasteiger partial charge in [0, 0.05) is 13.1 Å². The summed E-state index contributed by atoms with van der Waals surface area (Å²) in [5.41, 5.74) is 0. The Labute approximate surface area is 223 Å². The van der Waals surface area contributed by atoms with Crippen LogP contribution in [0.3, 0.4) is 0 Å². The number of carbonyl (C=O) groups is 2. The number of carbonyl (C=O) groups excluding carboxylic acids is 2. The lowest BCUT2D eigenvalue weighted by molar-refractivity contribution is 0.213. The van der Waals surface area contributed by atoms with Crippen LogP contribution in [0.1, 0.15) is 155 Å². The van der Waals surface area contributed by atoms with Crippen LogP contribution in [-0.4, -0.2) is 37.2 Å². The van der Waals surface area contributed by atoms with Crippen molar-refractivity contribution in [2.45, 2.75) is 167 Å². The molecule has 0 aromatic carbocycles. The summed E-state index contributed by atoms with van der Waals surface area (Å²) in [5, 5.41) is 12.3. The molecule has 0 saturated heterocycles. The molecule has 1 aliphatic carbocycles. The van der Waals surface area contributed by atoms with Crippen LogP contribution in [0, 0.1) is 0 Å². The summed E-state index contributed by atoms with van der Waals surface area (Å²) in [6.45, 7) is 5.97. The van der Waals surface area contributed by atoms with Gasteiger partial charge in [0.05, 0.1) is 12.1 Å². The number of urea groups is 2. The zero-order chi connectivity index (χ0) is 26.1. The molecule has 0 aromatic heterocycles. The van der Waals surface area contributed by atoms with E-state index in [2.05, 4.69) is 35.1 Å². The number of nitrogens with one attached hydrogen (secondary N) is 4. The highest BCUT2D eigenvalue weighted by atomic mass is 16.2. The van der Waals surface area contributed by atoms with E-state index in [9.17, 15) is 9.59 Å². The van der Waals surface area contributed by atoms with Crippen LogP contribution < -0.4 is 21.3 Å². The molecular weight excluding hydrogens is 448 g/mol. The molecule has 0 unspecified atom stereocenters. The van der Waals surface area contributed by atoms with Crippen LogP contribution in [0.2, 0.25) is 0 Å². The predicted molar refractivity (Wildman–Crippen MR) is 154 cm³/mol. The highest BCUT2D eigenvalue weighted by Crippen LogP contribution is 2.18. The highest BCUT2D eigenvalue weighted by molar-refractivity contribution is 5.75. The number of hydrogen-bond acceptors (Lipinski definition) is 2. The molecular formula is C30H60N4O2. The van der Waals surface area contributed by atoms with E-state index in [0.29, 0.717) is 0 Å². The molecule has 2 atom stereocenters. The summed E-state index contributed by atoms with van der Waals surface area (Å²) >= 11 is 0. The van der Waals surface area contributed by atoms with Gasteiger partial charge in [-0.15, -0.1) is 0 Å². The van der Waals surface area contributed by atoms with Gasteiger partial charge in [0.25, 0.3) is 0 Å². The van der Waals surface area contributed by atoms with Gasteiger partial charge in [-0.2, -0.15) is 0 Å². The molecule has 36 heavy (non-hydrogen) atoms. The molecule has 0 aromatic rings. The van der Waals surface area contributed by atoms with Crippen LogP contribution in [0.25, 0.3) is 0 Å². The fraction of sp³-hybridized carbons (Fsp3) is 0.933. The number of rotatable bonds is 22. The maximum atomic E-state index is 12.4. The van der Waals surface area contributed by atoms with Crippen LogP contribution >= 0.6 is 0 Å². The topological polar surface area (TPSA) is 82.3 Å². The Hall–Kier alpha value is -1.46. The Balaban J connectivity index is 2.07. The Bertz CT molecular complexity index is 483. The van der Waals surface area contributed by atoms with Crippen molar-refractivity contribution in [1.29, 1.82) is 0 Å². The average molecular weight is 509 g/mol. The molecule has 0 bridgehead atoms. The first kappa shape index (κ1) is 32.6. The Kier molecular flexibility index (Phi) is 21.6. The summed E-state index contributed by atoms with van der Waals surface area (Å²) in [5.74, 6) is 0. The van der Waals surface area contributed by atoms with Gasteiger partial charge in [-0.1, -0.05) is 129 Å². The maximum Gasteiger partial charge on any atom is 0.315 e. The van der Waals surface area contributed by atoms with Crippen molar-refractivity contribution in [1.82, 2.24) is 21.3 Å². The maximum absolute atomic E-state index is 12.4. The van der Waals surface area contributed by atoms with Gasteiger partial charge >= 0.3 is 12.1 Å². The number of amides is 4. The molecule has 1 aliphatic rings. The van der Waals surface area contributed by atoms with Gasteiger partial charge in [0.2, 0.25) is 0 Å². The summed E-state index contributed by atoms with van der Waals surface area (Å²) in [7, 11) is 0. The molecule has 6 nitrogen and oxygen atoms in total. The van der Waals surface area contributed by atoms with Gasteiger partial charge in [-0.25, -0.2) is 9.59 Å². The summed E-state index contributed by atoms with van der Waals surface area (Å²) in [6, 6.07) is -0.160. The third-order valence-corrected chi connectivity index (χ3v) is 7.53. The van der Waals surface area contributed by atoms with Crippen molar-refractivity contribution in [2.24, 2.45) is 0 Å². The van der Waals surface area contributed by atoms with E-state index in [4.69, 9.17) is 0 Å². The minimum absolute atomic E-state index is 0.0142. The Morgan fingerprint density at radius 1 is 0.500 bits per heavy atom. The Morgan fingerprint density at radius 3 is 1.14 bits per heavy atom. The molecule has 0 spiro atoms. The van der Waals surface area contributed by atoms with Gasteiger partial charge in [0.1, 0.15) is 0 Å². The number of hydrogen-bond donors (Lipinski definition) is 4. The second-order valence-electron chi connectivity index (χ2n) is 11.0. The van der Waals surface area contributed by atoms with Crippen molar-refractivity contribution in [3.63, 3.8) is 0 Å². The van der Waals surface area contributed by atoms with E-state index in [1.807, 2.05) is 0 Å². The molecule has 1 rings (SSSR count). The lowest BCUT2D eigenvalue weighted by Gasteiger charge is -2.32. The first-order chi connectivity index (χ1) is 17.7. The smallest absolute Gasteiger partial charge is 0.315 e. The van der Waals surface area contributed by atoms with Gasteiger partial charge in [-0.05, 0) is 25.7 Å². The lowest BCUT2D eigenvalue weighted by Crippen LogP contribution is -2.56. The molecule has 4 amide bonds. The largest absolute Gasteiger partial charge is 0.338 e. The molecule has 0 radical (unpaired) electrons. The lowest BCUT2D eigenvalue weighted by atomic mass is 9.90. The van der Waals surface area contributed by atoms with Gasteiger partial charge in [-0.3, -0.25) is 0 Å². The van der Waals surface area contributed by atoms with E-state index in [0.717, 1.165) is 51.6 Å². The zero-order valence-electron chi connectivity index (χ0n) is 23.9. The molecule has 4 N–H and O–H groups in total. The monoisotopic (exact) mass is 508 g/mol. The van der Waals surface area contributed by atoms with E-state index < -0.39 is 0 Å². The Morgan fingerprint density at radius 2 is 0.806 bits per heavy atom. The van der Waals surface area contributed by atoms with Gasteiger partial charge < -0.3 is 21.3 Å². The van der Waals surface area contributed by atoms with E-state index in [-0.39, 0.29) is 24.1 Å². The highest BCUT2D eigenvalue weighted by Gasteiger charge is 2.27. The van der Waals surface area contributed by atoms with Crippen LogP contribution in [0.15, 0.2) is 0 Å². The fourth-order valence-corrected chi connectivity index (χ4v) is 5.19. The third-order valence-electron chi connectivity index (χ3n) is 7.53. The van der Waals surface area contributed by atoms with Crippen molar-refractivity contribution in [3.8, 4) is 0 Å². The normalized spacial score (nSPS) is 17.5. The molecule has 6 heteroatoms. The summed E-state index contributed by atoms with van der Waals surface area (Å²) < 4.78 is 0. The molecule has 0 heterocycles. The minimum Gasteiger partial charge on any atom is -0.338 e. The second kappa shape index (κ2) is 23.9. The minimum atomic E-state index is -0.0941. The predicted octanol–water partition coefficient (Wildman–Crippen LogP) is 7.96. The van der Waals surface area contributed by atoms with E-state index >= 15 is 0 Å². The van der Waals surface area contributed by atoms with Crippen LogP contribution in [0.4, 0.5) is 9.59 Å². The third kappa shape index (κ3) is 18.8. The summed E-state index contributed by atoms with van der Waals surface area (Å²) in [4.78, 5) is 24.8. The molecule has 1 fully saturated rings. The van der Waals surface area contributed by atoms with Crippen LogP contribution in [-0.2, 0) is 0 Å². The first-order valence-electron chi connectivity index (χ1n) is 15.8. The number of unbranched alkanes of at least 4 members (excludes halogenated alkanes) is 16. The second-order valence-corrected chi connectivity index (χ2v) is 11.0. The van der Waals surface area contributed by atoms with E-state index in [1.54, 1.807) is 0 Å². The molecule has 1 saturated carbocycles.